The second-order valence-corrected chi connectivity index (χ2v) is 13.6. The van der Waals surface area contributed by atoms with E-state index in [9.17, 15) is 20.1 Å². The molecule has 0 spiro atoms. The largest absolute Gasteiger partial charge is 0.481 e. The van der Waals surface area contributed by atoms with Crippen LogP contribution in [0.3, 0.4) is 0 Å². The number of carboxylic acids is 1. The zero-order chi connectivity index (χ0) is 25.2. The maximum absolute atomic E-state index is 12.5. The first-order chi connectivity index (χ1) is 15.7. The average molecular weight is 473 g/mol. The molecule has 4 rings (SSSR count). The number of carboxylic acid groups (broad SMARTS) is 1. The molecule has 192 valence electrons. The molecule has 2 fully saturated rings. The molecule has 0 heterocycles. The molecule has 0 amide bonds. The summed E-state index contributed by atoms with van der Waals surface area (Å²) in [7, 11) is 0. The molecule has 0 aliphatic heterocycles. The van der Waals surface area contributed by atoms with Crippen molar-refractivity contribution in [2.75, 3.05) is 0 Å². The van der Waals surface area contributed by atoms with Crippen LogP contribution in [0.1, 0.15) is 99.3 Å². The Morgan fingerprint density at radius 2 is 1.76 bits per heavy atom. The standard InChI is InChI=1S/C30H48O4/c1-17(2)18(3)8-9-20(27(33)34)26-23(31)16-22-19-10-11-24-28(4,5)25(32)13-15-29(24,6)21(19)12-14-30(22,26)7/h17,20,22-26,31-32H,3,8-16H2,1-2,4-7H3,(H,33,34). The first-order valence-electron chi connectivity index (χ1n) is 13.7. The van der Waals surface area contributed by atoms with Crippen LogP contribution in [-0.4, -0.2) is 33.5 Å². The van der Waals surface area contributed by atoms with Crippen LogP contribution in [0.5, 0.6) is 0 Å². The Morgan fingerprint density at radius 3 is 2.38 bits per heavy atom. The van der Waals surface area contributed by atoms with Gasteiger partial charge in [-0.25, -0.2) is 0 Å². The first kappa shape index (κ1) is 25.9. The molecule has 4 nitrogen and oxygen atoms in total. The van der Waals surface area contributed by atoms with Crippen molar-refractivity contribution in [3.63, 3.8) is 0 Å². The van der Waals surface area contributed by atoms with Gasteiger partial charge in [0.2, 0.25) is 0 Å². The number of fused-ring (bicyclic) bond motifs is 4. The summed E-state index contributed by atoms with van der Waals surface area (Å²) in [6, 6.07) is 0. The summed E-state index contributed by atoms with van der Waals surface area (Å²) < 4.78 is 0. The number of aliphatic hydroxyl groups excluding tert-OH is 2. The Labute approximate surface area is 206 Å². The van der Waals surface area contributed by atoms with E-state index in [4.69, 9.17) is 0 Å². The van der Waals surface area contributed by atoms with Gasteiger partial charge in [-0.2, -0.15) is 0 Å². The maximum Gasteiger partial charge on any atom is 0.306 e. The summed E-state index contributed by atoms with van der Waals surface area (Å²) in [6.45, 7) is 17.6. The van der Waals surface area contributed by atoms with Gasteiger partial charge in [-0.3, -0.25) is 4.79 Å². The lowest BCUT2D eigenvalue weighted by atomic mass is 9.46. The molecule has 0 radical (unpaired) electrons. The van der Waals surface area contributed by atoms with Gasteiger partial charge >= 0.3 is 5.97 Å². The summed E-state index contributed by atoms with van der Waals surface area (Å²) in [5.74, 6) is -0.400. The highest BCUT2D eigenvalue weighted by Gasteiger charge is 2.62. The summed E-state index contributed by atoms with van der Waals surface area (Å²) >= 11 is 0. The molecule has 0 saturated heterocycles. The van der Waals surface area contributed by atoms with Gasteiger partial charge in [0.15, 0.2) is 0 Å². The Bertz CT molecular complexity index is 869. The van der Waals surface area contributed by atoms with Crippen molar-refractivity contribution in [3.8, 4) is 0 Å². The van der Waals surface area contributed by atoms with Crippen LogP contribution in [0.4, 0.5) is 0 Å². The fourth-order valence-corrected chi connectivity index (χ4v) is 9.15. The van der Waals surface area contributed by atoms with Gasteiger partial charge in [0.25, 0.3) is 0 Å². The zero-order valence-electron chi connectivity index (χ0n) is 22.4. The van der Waals surface area contributed by atoms with E-state index >= 15 is 0 Å². The number of carbonyl (C=O) groups is 1. The molecule has 4 aliphatic carbocycles. The summed E-state index contributed by atoms with van der Waals surface area (Å²) in [4.78, 5) is 12.5. The highest BCUT2D eigenvalue weighted by Crippen LogP contribution is 2.68. The predicted molar refractivity (Wildman–Crippen MR) is 136 cm³/mol. The third kappa shape index (κ3) is 3.82. The van der Waals surface area contributed by atoms with Gasteiger partial charge in [-0.15, -0.1) is 0 Å². The van der Waals surface area contributed by atoms with Gasteiger partial charge in [0, 0.05) is 5.92 Å². The first-order valence-corrected chi connectivity index (χ1v) is 13.7. The molecule has 4 aliphatic rings. The number of aliphatic hydroxyl groups is 2. The van der Waals surface area contributed by atoms with E-state index in [0.29, 0.717) is 31.1 Å². The topological polar surface area (TPSA) is 77.8 Å². The number of hydrogen-bond acceptors (Lipinski definition) is 3. The van der Waals surface area contributed by atoms with E-state index in [1.54, 1.807) is 5.57 Å². The maximum atomic E-state index is 12.5. The minimum absolute atomic E-state index is 0.0861. The predicted octanol–water partition coefficient (Wildman–Crippen LogP) is 6.37. The molecule has 3 N–H and O–H groups in total. The fourth-order valence-electron chi connectivity index (χ4n) is 9.15. The van der Waals surface area contributed by atoms with E-state index in [1.807, 2.05) is 0 Å². The van der Waals surface area contributed by atoms with E-state index in [0.717, 1.165) is 44.1 Å². The van der Waals surface area contributed by atoms with Gasteiger partial charge in [-0.1, -0.05) is 64.8 Å². The van der Waals surface area contributed by atoms with Gasteiger partial charge in [0.1, 0.15) is 0 Å². The molecule has 2 saturated carbocycles. The lowest BCUT2D eigenvalue weighted by molar-refractivity contribution is -0.148. The van der Waals surface area contributed by atoms with Crippen LogP contribution in [0.2, 0.25) is 0 Å². The van der Waals surface area contributed by atoms with Gasteiger partial charge in [-0.05, 0) is 91.8 Å². The normalized spacial score (nSPS) is 42.1. The quantitative estimate of drug-likeness (QED) is 0.393. The third-order valence-electron chi connectivity index (χ3n) is 11.4. The SMILES string of the molecule is C=C(CCC(C(=O)O)C1C(O)CC2C3=C(CCC21C)C1(C)CCC(O)C(C)(C)C1CC3)C(C)C. The van der Waals surface area contributed by atoms with Crippen LogP contribution < -0.4 is 0 Å². The summed E-state index contributed by atoms with van der Waals surface area (Å²) in [6.07, 6.45) is 7.14. The van der Waals surface area contributed by atoms with Gasteiger partial charge < -0.3 is 15.3 Å². The molecular formula is C30H48O4. The van der Waals surface area contributed by atoms with Crippen LogP contribution in [0, 0.1) is 45.8 Å². The molecule has 0 bridgehead atoms. The molecule has 8 atom stereocenters. The number of aliphatic carboxylic acids is 1. The second kappa shape index (κ2) is 8.76. The van der Waals surface area contributed by atoms with E-state index in [2.05, 4.69) is 48.1 Å². The van der Waals surface area contributed by atoms with E-state index < -0.39 is 18.0 Å². The minimum Gasteiger partial charge on any atom is -0.481 e. The number of allylic oxidation sites excluding steroid dienone is 3. The minimum atomic E-state index is -0.763. The molecule has 0 aromatic heterocycles. The third-order valence-corrected chi connectivity index (χ3v) is 11.4. The van der Waals surface area contributed by atoms with Crippen LogP contribution >= 0.6 is 0 Å². The van der Waals surface area contributed by atoms with Crippen molar-refractivity contribution < 1.29 is 20.1 Å². The zero-order valence-corrected chi connectivity index (χ0v) is 22.4. The van der Waals surface area contributed by atoms with E-state index in [-0.39, 0.29) is 34.2 Å². The monoisotopic (exact) mass is 472 g/mol. The van der Waals surface area contributed by atoms with Crippen LogP contribution in [0.15, 0.2) is 23.3 Å². The summed E-state index contributed by atoms with van der Waals surface area (Å²) in [5, 5.41) is 32.4. The molecule has 0 aromatic rings. The average Bonchev–Trinajstić information content (AvgIpc) is 3.01. The fraction of sp³-hybridized carbons (Fsp3) is 0.833. The second-order valence-electron chi connectivity index (χ2n) is 13.6. The van der Waals surface area contributed by atoms with Crippen LogP contribution in [-0.2, 0) is 4.79 Å². The van der Waals surface area contributed by atoms with E-state index in [1.165, 1.54) is 5.57 Å². The smallest absolute Gasteiger partial charge is 0.306 e. The highest BCUT2D eigenvalue weighted by molar-refractivity contribution is 5.71. The molecular weight excluding hydrogens is 424 g/mol. The lowest BCUT2D eigenvalue weighted by Gasteiger charge is -2.60. The number of rotatable bonds is 6. The highest BCUT2D eigenvalue weighted by atomic mass is 16.4. The van der Waals surface area contributed by atoms with Crippen molar-refractivity contribution in [1.29, 1.82) is 0 Å². The van der Waals surface area contributed by atoms with Crippen molar-refractivity contribution in [2.45, 2.75) is 112 Å². The van der Waals surface area contributed by atoms with Crippen molar-refractivity contribution >= 4 is 5.97 Å². The van der Waals surface area contributed by atoms with Crippen molar-refractivity contribution in [1.82, 2.24) is 0 Å². The molecule has 34 heavy (non-hydrogen) atoms. The summed E-state index contributed by atoms with van der Waals surface area (Å²) in [5.41, 5.74) is 4.09. The molecule has 8 unspecified atom stereocenters. The molecule has 0 aromatic carbocycles. The lowest BCUT2D eigenvalue weighted by Crippen LogP contribution is -2.53. The Hall–Kier alpha value is -1.13. The molecule has 4 heteroatoms. The Kier molecular flexibility index (Phi) is 6.69. The Morgan fingerprint density at radius 1 is 1.09 bits per heavy atom. The van der Waals surface area contributed by atoms with Gasteiger partial charge in [0.05, 0.1) is 18.1 Å². The van der Waals surface area contributed by atoms with Crippen molar-refractivity contribution in [3.05, 3.63) is 23.3 Å². The van der Waals surface area contributed by atoms with Crippen LogP contribution in [0.25, 0.3) is 0 Å². The number of hydrogen-bond donors (Lipinski definition) is 3. The van der Waals surface area contributed by atoms with Crippen molar-refractivity contribution in [2.24, 2.45) is 45.8 Å². The Balaban J connectivity index is 1.66.